The fourth-order valence-electron chi connectivity index (χ4n) is 1.26. The van der Waals surface area contributed by atoms with Crippen molar-refractivity contribution in [2.75, 3.05) is 6.54 Å². The molecule has 0 saturated heterocycles. The lowest BCUT2D eigenvalue weighted by atomic mass is 10.2. The van der Waals surface area contributed by atoms with E-state index in [1.807, 2.05) is 0 Å². The van der Waals surface area contributed by atoms with E-state index >= 15 is 0 Å². The van der Waals surface area contributed by atoms with Gasteiger partial charge in [-0.15, -0.1) is 0 Å². The predicted octanol–water partition coefficient (Wildman–Crippen LogP) is 2.38. The number of benzene rings is 1. The third-order valence-electron chi connectivity index (χ3n) is 2.17. The van der Waals surface area contributed by atoms with Crippen molar-refractivity contribution in [2.24, 2.45) is 0 Å². The molecule has 112 valence electrons. The molecule has 0 aliphatic heterocycles. The minimum Gasteiger partial charge on any atom is -0.478 e. The highest BCUT2D eigenvalue weighted by Gasteiger charge is 2.28. The lowest BCUT2D eigenvalue weighted by molar-refractivity contribution is -0.132. The van der Waals surface area contributed by atoms with Crippen LogP contribution < -0.4 is 4.72 Å². The quantitative estimate of drug-likeness (QED) is 0.827. The first kappa shape index (κ1) is 16.9. The number of carbonyl (C=O) groups is 1. The molecule has 0 heterocycles. The number of nitrogens with one attached hydrogen (secondary N) is 1. The van der Waals surface area contributed by atoms with E-state index in [9.17, 15) is 26.4 Å². The average molecular weight is 376 g/mol. The monoisotopic (exact) mass is 375 g/mol. The molecule has 1 rings (SSSR count). The molecule has 20 heavy (non-hydrogen) atoms. The third kappa shape index (κ3) is 4.76. The Hall–Kier alpha value is -1.13. The number of rotatable bonds is 5. The lowest BCUT2D eigenvalue weighted by Gasteiger charge is -2.10. The molecule has 5 nitrogen and oxygen atoms in total. The van der Waals surface area contributed by atoms with Crippen LogP contribution in [-0.4, -0.2) is 32.2 Å². The molecule has 0 saturated carbocycles. The number of halogens is 4. The lowest BCUT2D eigenvalue weighted by Crippen LogP contribution is -2.28. The second-order valence-electron chi connectivity index (χ2n) is 3.71. The summed E-state index contributed by atoms with van der Waals surface area (Å²) in [6.45, 7) is -0.793. The Morgan fingerprint density at radius 2 is 1.95 bits per heavy atom. The standard InChI is InChI=1S/C10H9BrF3NO4S/c11-7-5-6(9(16)17)1-2-8(7)20(18,19)15-4-3-10(12,13)14/h1-2,5,15H,3-4H2,(H,16,17). The molecule has 0 spiro atoms. The van der Waals surface area contributed by atoms with E-state index < -0.39 is 35.1 Å². The van der Waals surface area contributed by atoms with Gasteiger partial charge in [0.2, 0.25) is 10.0 Å². The molecule has 1 aromatic rings. The van der Waals surface area contributed by atoms with Gasteiger partial charge in [0.1, 0.15) is 0 Å². The molecule has 0 radical (unpaired) electrons. The van der Waals surface area contributed by atoms with E-state index in [4.69, 9.17) is 5.11 Å². The van der Waals surface area contributed by atoms with Crippen LogP contribution in [-0.2, 0) is 10.0 Å². The van der Waals surface area contributed by atoms with Crippen LogP contribution in [0.1, 0.15) is 16.8 Å². The summed E-state index contributed by atoms with van der Waals surface area (Å²) in [5, 5.41) is 8.72. The van der Waals surface area contributed by atoms with Gasteiger partial charge < -0.3 is 5.11 Å². The molecular weight excluding hydrogens is 367 g/mol. The Kier molecular flexibility index (Phi) is 5.16. The number of hydrogen-bond acceptors (Lipinski definition) is 3. The van der Waals surface area contributed by atoms with Gasteiger partial charge in [-0.3, -0.25) is 0 Å². The molecule has 10 heteroatoms. The van der Waals surface area contributed by atoms with Gasteiger partial charge in [-0.05, 0) is 34.1 Å². The number of aromatic carboxylic acids is 1. The van der Waals surface area contributed by atoms with Crippen molar-refractivity contribution in [2.45, 2.75) is 17.5 Å². The van der Waals surface area contributed by atoms with Crippen molar-refractivity contribution >= 4 is 31.9 Å². The zero-order chi connectivity index (χ0) is 15.6. The topological polar surface area (TPSA) is 83.5 Å². The smallest absolute Gasteiger partial charge is 0.390 e. The summed E-state index contributed by atoms with van der Waals surface area (Å²) in [4.78, 5) is 10.4. The van der Waals surface area contributed by atoms with Crippen LogP contribution in [0.4, 0.5) is 13.2 Å². The van der Waals surface area contributed by atoms with Crippen molar-refractivity contribution in [3.8, 4) is 0 Å². The van der Waals surface area contributed by atoms with E-state index in [2.05, 4.69) is 15.9 Å². The van der Waals surface area contributed by atoms with Crippen molar-refractivity contribution in [3.63, 3.8) is 0 Å². The first-order chi connectivity index (χ1) is 9.03. The normalized spacial score (nSPS) is 12.4. The van der Waals surface area contributed by atoms with E-state index in [0.29, 0.717) is 0 Å². The predicted molar refractivity (Wildman–Crippen MR) is 67.0 cm³/mol. The maximum Gasteiger partial charge on any atom is 0.390 e. The summed E-state index contributed by atoms with van der Waals surface area (Å²) >= 11 is 2.88. The largest absolute Gasteiger partial charge is 0.478 e. The third-order valence-corrected chi connectivity index (χ3v) is 4.61. The van der Waals surface area contributed by atoms with E-state index in [1.165, 1.54) is 0 Å². The minimum atomic E-state index is -4.47. The Morgan fingerprint density at radius 3 is 2.40 bits per heavy atom. The van der Waals surface area contributed by atoms with Gasteiger partial charge >= 0.3 is 12.1 Å². The molecular formula is C10H9BrF3NO4S. The molecule has 0 aliphatic rings. The molecule has 0 unspecified atom stereocenters. The van der Waals surface area contributed by atoms with Crippen LogP contribution in [0.2, 0.25) is 0 Å². The van der Waals surface area contributed by atoms with Gasteiger partial charge in [-0.2, -0.15) is 13.2 Å². The number of carboxylic acid groups (broad SMARTS) is 1. The van der Waals surface area contributed by atoms with Crippen molar-refractivity contribution in [1.82, 2.24) is 4.72 Å². The SMILES string of the molecule is O=C(O)c1ccc(S(=O)(=O)NCCC(F)(F)F)c(Br)c1. The number of sulfonamides is 1. The fraction of sp³-hybridized carbons (Fsp3) is 0.300. The molecule has 0 amide bonds. The van der Waals surface area contributed by atoms with Crippen molar-refractivity contribution in [1.29, 1.82) is 0 Å². The second kappa shape index (κ2) is 6.10. The van der Waals surface area contributed by atoms with Gasteiger partial charge in [0.05, 0.1) is 16.9 Å². The molecule has 0 atom stereocenters. The van der Waals surface area contributed by atoms with Crippen molar-refractivity contribution < 1.29 is 31.5 Å². The maximum atomic E-state index is 11.9. The van der Waals surface area contributed by atoms with Gasteiger partial charge in [0.15, 0.2) is 0 Å². The summed E-state index contributed by atoms with van der Waals surface area (Å²) in [5.41, 5.74) is -0.147. The van der Waals surface area contributed by atoms with Crippen LogP contribution in [0.3, 0.4) is 0 Å². The van der Waals surface area contributed by atoms with Crippen LogP contribution in [0, 0.1) is 0 Å². The van der Waals surface area contributed by atoms with Crippen LogP contribution >= 0.6 is 15.9 Å². The van der Waals surface area contributed by atoms with E-state index in [1.54, 1.807) is 4.72 Å². The molecule has 0 aliphatic carbocycles. The highest BCUT2D eigenvalue weighted by molar-refractivity contribution is 9.10. The van der Waals surface area contributed by atoms with Crippen LogP contribution in [0.5, 0.6) is 0 Å². The molecule has 0 fully saturated rings. The molecule has 0 bridgehead atoms. The number of carboxylic acids is 1. The second-order valence-corrected chi connectivity index (χ2v) is 6.30. The molecule has 0 aromatic heterocycles. The van der Waals surface area contributed by atoms with Crippen LogP contribution in [0.15, 0.2) is 27.6 Å². The summed E-state index contributed by atoms with van der Waals surface area (Å²) in [6, 6.07) is 3.11. The maximum absolute atomic E-state index is 11.9. The zero-order valence-corrected chi connectivity index (χ0v) is 12.1. The average Bonchev–Trinajstić information content (AvgIpc) is 2.26. The molecule has 1 aromatic carbocycles. The summed E-state index contributed by atoms with van der Waals surface area (Å²) in [7, 11) is -4.15. The Bertz CT molecular complexity index is 615. The Labute approximate surface area is 121 Å². The summed E-state index contributed by atoms with van der Waals surface area (Å²) in [5.74, 6) is -1.25. The van der Waals surface area contributed by atoms with E-state index in [0.717, 1.165) is 18.2 Å². The van der Waals surface area contributed by atoms with E-state index in [-0.39, 0.29) is 14.9 Å². The van der Waals surface area contributed by atoms with Gasteiger partial charge in [-0.1, -0.05) is 0 Å². The summed E-state index contributed by atoms with van der Waals surface area (Å²) in [6.07, 6.45) is -5.76. The fourth-order valence-corrected chi connectivity index (χ4v) is 3.36. The van der Waals surface area contributed by atoms with Gasteiger partial charge in [0, 0.05) is 11.0 Å². The number of alkyl halides is 3. The zero-order valence-electron chi connectivity index (χ0n) is 9.74. The van der Waals surface area contributed by atoms with Gasteiger partial charge in [-0.25, -0.2) is 17.9 Å². The highest BCUT2D eigenvalue weighted by atomic mass is 79.9. The molecule has 2 N–H and O–H groups in total. The number of hydrogen-bond donors (Lipinski definition) is 2. The van der Waals surface area contributed by atoms with Crippen LogP contribution in [0.25, 0.3) is 0 Å². The van der Waals surface area contributed by atoms with Gasteiger partial charge in [0.25, 0.3) is 0 Å². The Balaban J connectivity index is 2.91. The minimum absolute atomic E-state index is 0.0445. The van der Waals surface area contributed by atoms with Crippen molar-refractivity contribution in [3.05, 3.63) is 28.2 Å². The summed E-state index contributed by atoms with van der Waals surface area (Å²) < 4.78 is 61.1. The first-order valence-corrected chi connectivity index (χ1v) is 7.40. The first-order valence-electron chi connectivity index (χ1n) is 5.12. The Morgan fingerprint density at radius 1 is 1.35 bits per heavy atom. The highest BCUT2D eigenvalue weighted by Crippen LogP contribution is 2.24.